The highest BCUT2D eigenvalue weighted by Crippen LogP contribution is 2.47. The average molecular weight is 374 g/mol. The van der Waals surface area contributed by atoms with Gasteiger partial charge in [-0.3, -0.25) is 9.59 Å². The molecule has 0 bridgehead atoms. The zero-order valence-electron chi connectivity index (χ0n) is 16.8. The van der Waals surface area contributed by atoms with E-state index < -0.39 is 14.6 Å². The lowest BCUT2D eigenvalue weighted by atomic mass is 9.60. The molecule has 3 rings (SSSR count). The van der Waals surface area contributed by atoms with Gasteiger partial charge in [0.05, 0.1) is 17.6 Å². The Morgan fingerprint density at radius 1 is 1.12 bits per heavy atom. The van der Waals surface area contributed by atoms with Gasteiger partial charge in [-0.2, -0.15) is 0 Å². The second-order valence-corrected chi connectivity index (χ2v) is 11.5. The fourth-order valence-corrected chi connectivity index (χ4v) is 5.98. The molecule has 1 heterocycles. The first kappa shape index (κ1) is 19.3. The van der Waals surface area contributed by atoms with Crippen LogP contribution in [0.25, 0.3) is 0 Å². The normalized spacial score (nSPS) is 28.2. The van der Waals surface area contributed by atoms with Crippen LogP contribution in [0.3, 0.4) is 0 Å². The van der Waals surface area contributed by atoms with Crippen LogP contribution in [-0.2, 0) is 15.6 Å². The minimum atomic E-state index is -1.36. The van der Waals surface area contributed by atoms with Gasteiger partial charge in [-0.05, 0) is 43.8 Å². The van der Waals surface area contributed by atoms with E-state index in [9.17, 15) is 9.59 Å². The van der Waals surface area contributed by atoms with Gasteiger partial charge in [0.15, 0.2) is 14.8 Å². The molecule has 2 aliphatic rings. The molecule has 1 aromatic rings. The van der Waals surface area contributed by atoms with Gasteiger partial charge in [0.25, 0.3) is 0 Å². The summed E-state index contributed by atoms with van der Waals surface area (Å²) in [6, 6.07) is 7.72. The van der Waals surface area contributed by atoms with Crippen LogP contribution in [0.5, 0.6) is 0 Å². The van der Waals surface area contributed by atoms with Crippen molar-refractivity contribution in [3.8, 4) is 0 Å². The van der Waals surface area contributed by atoms with Crippen molar-refractivity contribution in [3.63, 3.8) is 0 Å². The van der Waals surface area contributed by atoms with Gasteiger partial charge in [0.2, 0.25) is 5.91 Å². The molecule has 0 radical (unpaired) electrons. The lowest BCUT2D eigenvalue weighted by Crippen LogP contribution is -2.73. The first-order valence-corrected chi connectivity index (χ1v) is 12.4. The summed E-state index contributed by atoms with van der Waals surface area (Å²) in [5.74, 6) is -0.253. The Balaban J connectivity index is 1.92. The van der Waals surface area contributed by atoms with E-state index in [-0.39, 0.29) is 35.0 Å². The van der Waals surface area contributed by atoms with Crippen molar-refractivity contribution in [3.05, 3.63) is 35.4 Å². The van der Waals surface area contributed by atoms with Gasteiger partial charge in [0, 0.05) is 11.5 Å². The van der Waals surface area contributed by atoms with Crippen LogP contribution >= 0.6 is 0 Å². The Labute approximate surface area is 158 Å². The number of β-lactam (4-membered cyclic amide) rings is 1. The molecule has 1 saturated heterocycles. The summed E-state index contributed by atoms with van der Waals surface area (Å²) < 4.78 is 6.47. The van der Waals surface area contributed by atoms with Crippen LogP contribution in [0.4, 0.5) is 0 Å². The second kappa shape index (κ2) is 6.61. The summed E-state index contributed by atoms with van der Waals surface area (Å²) in [5, 5.41) is 3.05. The molecule has 1 aromatic carbocycles. The lowest BCUT2D eigenvalue weighted by molar-refractivity contribution is -0.161. The van der Waals surface area contributed by atoms with Crippen molar-refractivity contribution in [2.24, 2.45) is 17.3 Å². The Hall–Kier alpha value is -1.46. The summed E-state index contributed by atoms with van der Waals surface area (Å²) in [4.78, 5) is 25.7. The Kier molecular flexibility index (Phi) is 4.91. The highest BCUT2D eigenvalue weighted by Gasteiger charge is 2.60. The molecule has 1 amide bonds. The highest BCUT2D eigenvalue weighted by atomic mass is 28.3. The summed E-state index contributed by atoms with van der Waals surface area (Å²) in [7, 11) is -1.36. The molecule has 1 fully saturated rings. The van der Waals surface area contributed by atoms with E-state index in [2.05, 4.69) is 46.1 Å². The molecule has 26 heavy (non-hydrogen) atoms. The third kappa shape index (κ3) is 3.05. The molecular weight excluding hydrogens is 342 g/mol. The maximum Gasteiger partial charge on any atom is 0.228 e. The average Bonchev–Trinajstić information content (AvgIpc) is 2.52. The molecule has 0 saturated carbocycles. The minimum Gasteiger partial charge on any atom is -0.414 e. The van der Waals surface area contributed by atoms with E-state index in [0.717, 1.165) is 24.0 Å². The fourth-order valence-electron chi connectivity index (χ4n) is 4.50. The first-order valence-electron chi connectivity index (χ1n) is 9.66. The van der Waals surface area contributed by atoms with Crippen molar-refractivity contribution < 1.29 is 14.0 Å². The topological polar surface area (TPSA) is 55.4 Å². The van der Waals surface area contributed by atoms with Gasteiger partial charge >= 0.3 is 0 Å². The number of amides is 1. The number of hydrogen-bond acceptors (Lipinski definition) is 3. The smallest absolute Gasteiger partial charge is 0.228 e. The number of Topliss-reactive ketones (excluding diaryl/α,β-unsaturated/α-hetero) is 1. The van der Waals surface area contributed by atoms with Crippen LogP contribution in [-0.4, -0.2) is 32.4 Å². The maximum absolute atomic E-state index is 13.1. The number of ketones is 1. The first-order chi connectivity index (χ1) is 12.1. The molecule has 0 aromatic heterocycles. The number of carbonyl (C=O) groups excluding carboxylic acids is 2. The Morgan fingerprint density at radius 3 is 2.35 bits per heavy atom. The number of aryl methyl sites for hydroxylation is 1. The van der Waals surface area contributed by atoms with Crippen LogP contribution in [0.1, 0.15) is 50.0 Å². The third-order valence-corrected chi connectivity index (χ3v) is 7.25. The van der Waals surface area contributed by atoms with Crippen molar-refractivity contribution in [1.29, 1.82) is 0 Å². The van der Waals surface area contributed by atoms with E-state index in [0.29, 0.717) is 0 Å². The summed E-state index contributed by atoms with van der Waals surface area (Å²) in [5.41, 5.74) is 1.18. The van der Waals surface area contributed by atoms with E-state index in [1.807, 2.05) is 24.3 Å². The Morgan fingerprint density at radius 2 is 1.77 bits per heavy atom. The molecule has 5 heteroatoms. The number of fused-ring (bicyclic) bond motifs is 1. The van der Waals surface area contributed by atoms with Crippen molar-refractivity contribution in [2.75, 3.05) is 0 Å². The lowest BCUT2D eigenvalue weighted by Gasteiger charge is -2.56. The molecule has 0 spiro atoms. The van der Waals surface area contributed by atoms with Gasteiger partial charge in [-0.15, -0.1) is 0 Å². The van der Waals surface area contributed by atoms with Crippen molar-refractivity contribution in [1.82, 2.24) is 5.32 Å². The number of benzene rings is 1. The van der Waals surface area contributed by atoms with Crippen LogP contribution in [0.15, 0.2) is 24.3 Å². The van der Waals surface area contributed by atoms with Gasteiger partial charge in [0.1, 0.15) is 0 Å². The quantitative estimate of drug-likeness (QED) is 0.650. The molecule has 4 nitrogen and oxygen atoms in total. The minimum absolute atomic E-state index is 0.0220. The maximum atomic E-state index is 13.1. The van der Waals surface area contributed by atoms with E-state index in [1.54, 1.807) is 0 Å². The number of carbonyl (C=O) groups is 2. The molecule has 4 atom stereocenters. The van der Waals surface area contributed by atoms with Crippen LogP contribution in [0.2, 0.25) is 13.1 Å². The summed E-state index contributed by atoms with van der Waals surface area (Å²) in [6.45, 7) is 12.7. The number of nitrogens with one attached hydrogen (secondary N) is 1. The molecule has 142 valence electrons. The highest BCUT2D eigenvalue weighted by molar-refractivity contribution is 6.48. The zero-order valence-corrected chi connectivity index (χ0v) is 17.9. The van der Waals surface area contributed by atoms with Crippen LogP contribution in [0, 0.1) is 17.3 Å². The largest absolute Gasteiger partial charge is 0.414 e. The molecule has 1 aliphatic carbocycles. The molecule has 1 N–H and O–H groups in total. The zero-order chi connectivity index (χ0) is 19.3. The van der Waals surface area contributed by atoms with E-state index in [4.69, 9.17) is 4.43 Å². The standard InChI is InChI=1S/C21H31NO3Si/c1-20(2,3)21(4,25-26(5)6)16-17(22-19(16)24)15-12-11-13-9-7-8-10-14(13)18(15)23/h7-10,15-17,26H,11-12H2,1-6H3,(H,22,24)/t15-,16-,17-,21-/m1/s1. The predicted octanol–water partition coefficient (Wildman–Crippen LogP) is 3.35. The fraction of sp³-hybridized carbons (Fsp3) is 0.619. The SMILES string of the molecule is C[SiH](C)O[C@](C)([C@H]1C(=O)N[C@@H]1[C@H]1CCc2ccccc2C1=O)C(C)(C)C. The van der Waals surface area contributed by atoms with E-state index in [1.165, 1.54) is 0 Å². The summed E-state index contributed by atoms with van der Waals surface area (Å²) >= 11 is 0. The van der Waals surface area contributed by atoms with Crippen molar-refractivity contribution >= 4 is 20.7 Å². The summed E-state index contributed by atoms with van der Waals surface area (Å²) in [6.07, 6.45) is 1.67. The molecule has 0 unspecified atom stereocenters. The Bertz CT molecular complexity index is 724. The molecule has 1 aliphatic heterocycles. The van der Waals surface area contributed by atoms with Gasteiger partial charge in [-0.25, -0.2) is 0 Å². The molecular formula is C21H31NO3Si. The van der Waals surface area contributed by atoms with E-state index >= 15 is 0 Å². The third-order valence-electron chi connectivity index (χ3n) is 6.29. The van der Waals surface area contributed by atoms with Gasteiger partial charge in [-0.1, -0.05) is 45.0 Å². The predicted molar refractivity (Wildman–Crippen MR) is 106 cm³/mol. The van der Waals surface area contributed by atoms with Crippen LogP contribution < -0.4 is 5.32 Å². The number of hydrogen-bond donors (Lipinski definition) is 1. The van der Waals surface area contributed by atoms with Gasteiger partial charge < -0.3 is 9.74 Å². The number of rotatable bonds is 4. The van der Waals surface area contributed by atoms with Crippen molar-refractivity contribution in [2.45, 2.75) is 65.3 Å². The second-order valence-electron chi connectivity index (χ2n) is 9.20. The monoisotopic (exact) mass is 373 g/mol.